The number of imidazole rings is 1. The second-order valence-corrected chi connectivity index (χ2v) is 9.96. The van der Waals surface area contributed by atoms with Gasteiger partial charge in [0.1, 0.15) is 11.6 Å². The van der Waals surface area contributed by atoms with Crippen LogP contribution >= 0.6 is 11.6 Å². The number of rotatable bonds is 14. The van der Waals surface area contributed by atoms with Crippen molar-refractivity contribution in [1.82, 2.24) is 19.5 Å². The van der Waals surface area contributed by atoms with E-state index in [4.69, 9.17) is 33.2 Å². The molecule has 0 radical (unpaired) electrons. The van der Waals surface area contributed by atoms with Crippen molar-refractivity contribution in [3.8, 4) is 23.5 Å². The fourth-order valence-corrected chi connectivity index (χ4v) is 4.64. The molecule has 0 amide bonds. The average molecular weight is 640 g/mol. The fraction of sp³-hybridized carbons (Fsp3) is 0.241. The number of terminal acetylenes is 1. The molecule has 0 aliphatic heterocycles. The fourth-order valence-electron chi connectivity index (χ4n) is 4.47. The number of anilines is 1. The summed E-state index contributed by atoms with van der Waals surface area (Å²) >= 11 is 5.91. The van der Waals surface area contributed by atoms with Gasteiger partial charge >= 0.3 is 17.9 Å². The van der Waals surface area contributed by atoms with Gasteiger partial charge in [-0.25, -0.2) is 19.4 Å². The van der Waals surface area contributed by atoms with Crippen molar-refractivity contribution in [1.29, 1.82) is 0 Å². The van der Waals surface area contributed by atoms with Gasteiger partial charge < -0.3 is 40.7 Å². The number of aromatic carboxylic acids is 1. The van der Waals surface area contributed by atoms with E-state index < -0.39 is 61.6 Å². The smallest absolute Gasteiger partial charge is 0.348 e. The summed E-state index contributed by atoms with van der Waals surface area (Å²) in [5.41, 5.74) is 4.29. The van der Waals surface area contributed by atoms with Gasteiger partial charge in [0.2, 0.25) is 5.28 Å². The number of halogens is 1. The highest BCUT2D eigenvalue weighted by molar-refractivity contribution is 6.28. The summed E-state index contributed by atoms with van der Waals surface area (Å²) in [5.74, 6) is -2.82. The minimum atomic E-state index is -2.84. The number of benzene rings is 2. The quantitative estimate of drug-likeness (QED) is 0.0650. The molecular formula is C29H26ClN5O10. The SMILES string of the molecule is C#C[C@@H](O)[C@@H](O[C@@H](CO)COC(Cc1ccc(-c2ccccc2C(=O)O)cc1)(C(=O)O)C(=O)O)n1cnc2c(N)nc(Cl)nc21. The van der Waals surface area contributed by atoms with Crippen molar-refractivity contribution in [3.63, 3.8) is 0 Å². The molecular weight excluding hydrogens is 614 g/mol. The number of carbonyl (C=O) groups is 3. The zero-order chi connectivity index (χ0) is 32.9. The average Bonchev–Trinajstić information content (AvgIpc) is 3.44. The Bertz CT molecular complexity index is 1760. The number of carboxylic acid groups (broad SMARTS) is 3. The van der Waals surface area contributed by atoms with Crippen LogP contribution in [0.2, 0.25) is 5.28 Å². The standard InChI is InChI=1S/C29H26ClN5O10/c1-2-20(37)24(35-14-32-21-22(31)33-28(30)34-23(21)35)45-17(12-36)13-44-29(26(40)41,27(42)43)11-15-7-9-16(10-8-15)18-5-3-4-6-19(18)25(38)39/h1,3-10,14,17,20,24,36-37H,11-13H2,(H,38,39)(H,40,41)(H,42,43)(H2,31,33,34)/t17-,20+,24+/m0/s1. The first-order valence-corrected chi connectivity index (χ1v) is 13.4. The normalized spacial score (nSPS) is 13.6. The predicted molar refractivity (Wildman–Crippen MR) is 157 cm³/mol. The number of aliphatic hydroxyl groups excluding tert-OH is 2. The molecule has 7 N–H and O–H groups in total. The van der Waals surface area contributed by atoms with E-state index in [0.29, 0.717) is 11.1 Å². The molecule has 4 aromatic rings. The number of aliphatic carboxylic acids is 2. The Kier molecular flexibility index (Phi) is 9.97. The maximum absolute atomic E-state index is 12.4. The van der Waals surface area contributed by atoms with Crippen LogP contribution in [0.25, 0.3) is 22.3 Å². The van der Waals surface area contributed by atoms with Crippen LogP contribution in [0.3, 0.4) is 0 Å². The lowest BCUT2D eigenvalue weighted by molar-refractivity contribution is -0.195. The largest absolute Gasteiger partial charge is 0.479 e. The third kappa shape index (κ3) is 6.85. The van der Waals surface area contributed by atoms with Crippen molar-refractivity contribution >= 4 is 46.5 Å². The summed E-state index contributed by atoms with van der Waals surface area (Å²) in [4.78, 5) is 48.2. The molecule has 15 nitrogen and oxygen atoms in total. The van der Waals surface area contributed by atoms with Gasteiger partial charge in [0, 0.05) is 6.42 Å². The number of carboxylic acids is 3. The van der Waals surface area contributed by atoms with Crippen molar-refractivity contribution in [2.45, 2.75) is 30.5 Å². The Morgan fingerprint density at radius 3 is 2.33 bits per heavy atom. The summed E-state index contributed by atoms with van der Waals surface area (Å²) in [5, 5.41) is 49.8. The lowest BCUT2D eigenvalue weighted by atomic mass is 9.92. The molecule has 0 aliphatic rings. The summed E-state index contributed by atoms with van der Waals surface area (Å²) in [6.07, 6.45) is 1.34. The Hall–Kier alpha value is -5.11. The van der Waals surface area contributed by atoms with Crippen molar-refractivity contribution in [3.05, 3.63) is 71.3 Å². The highest BCUT2D eigenvalue weighted by Crippen LogP contribution is 2.28. The number of hydrogen-bond donors (Lipinski definition) is 6. The van der Waals surface area contributed by atoms with E-state index in [1.165, 1.54) is 36.7 Å². The van der Waals surface area contributed by atoms with Gasteiger partial charge in [-0.3, -0.25) is 4.57 Å². The highest BCUT2D eigenvalue weighted by atomic mass is 35.5. The van der Waals surface area contributed by atoms with Crippen LogP contribution in [0.15, 0.2) is 54.9 Å². The van der Waals surface area contributed by atoms with E-state index in [-0.39, 0.29) is 33.4 Å². The van der Waals surface area contributed by atoms with Gasteiger partial charge in [-0.15, -0.1) is 6.42 Å². The number of nitrogens with two attached hydrogens (primary N) is 1. The van der Waals surface area contributed by atoms with Gasteiger partial charge in [-0.2, -0.15) is 9.97 Å². The zero-order valence-corrected chi connectivity index (χ0v) is 23.9. The molecule has 0 bridgehead atoms. The summed E-state index contributed by atoms with van der Waals surface area (Å²) in [6, 6.07) is 12.2. The molecule has 16 heteroatoms. The van der Waals surface area contributed by atoms with Crippen LogP contribution in [-0.4, -0.2) is 94.0 Å². The number of aromatic nitrogens is 4. The first-order valence-electron chi connectivity index (χ1n) is 13.0. The third-order valence-corrected chi connectivity index (χ3v) is 6.92. The minimum absolute atomic E-state index is 0.0178. The first kappa shape index (κ1) is 32.8. The van der Waals surface area contributed by atoms with Crippen LogP contribution in [-0.2, 0) is 25.5 Å². The van der Waals surface area contributed by atoms with E-state index in [1.54, 1.807) is 18.2 Å². The van der Waals surface area contributed by atoms with Crippen molar-refractivity contribution < 1.29 is 49.4 Å². The maximum atomic E-state index is 12.4. The summed E-state index contributed by atoms with van der Waals surface area (Å²) < 4.78 is 12.4. The van der Waals surface area contributed by atoms with Crippen LogP contribution in [0.1, 0.15) is 22.1 Å². The molecule has 4 rings (SSSR count). The topological polar surface area (TPSA) is 240 Å². The summed E-state index contributed by atoms with van der Waals surface area (Å²) in [6.45, 7) is -1.59. The van der Waals surface area contributed by atoms with E-state index in [2.05, 4.69) is 20.9 Å². The van der Waals surface area contributed by atoms with Gasteiger partial charge in [0.25, 0.3) is 5.60 Å². The van der Waals surface area contributed by atoms with Gasteiger partial charge in [-0.1, -0.05) is 48.4 Å². The Labute approximate surface area is 259 Å². The Morgan fingerprint density at radius 1 is 1.07 bits per heavy atom. The minimum Gasteiger partial charge on any atom is -0.479 e. The number of nitrogen functional groups attached to an aromatic ring is 1. The second kappa shape index (κ2) is 13.7. The summed E-state index contributed by atoms with van der Waals surface area (Å²) in [7, 11) is 0. The molecule has 234 valence electrons. The van der Waals surface area contributed by atoms with E-state index in [1.807, 2.05) is 0 Å². The molecule has 0 saturated heterocycles. The molecule has 0 unspecified atom stereocenters. The number of ether oxygens (including phenoxy) is 2. The number of nitrogens with zero attached hydrogens (tertiary/aromatic N) is 4. The molecule has 0 spiro atoms. The van der Waals surface area contributed by atoms with Crippen LogP contribution in [0, 0.1) is 12.3 Å². The number of aliphatic hydroxyl groups is 2. The van der Waals surface area contributed by atoms with Crippen molar-refractivity contribution in [2.75, 3.05) is 18.9 Å². The molecule has 2 heterocycles. The third-order valence-electron chi connectivity index (χ3n) is 6.75. The zero-order valence-electron chi connectivity index (χ0n) is 23.1. The van der Waals surface area contributed by atoms with E-state index in [9.17, 15) is 39.9 Å². The predicted octanol–water partition coefficient (Wildman–Crippen LogP) is 1.46. The highest BCUT2D eigenvalue weighted by Gasteiger charge is 2.49. The van der Waals surface area contributed by atoms with Gasteiger partial charge in [-0.05, 0) is 34.4 Å². The van der Waals surface area contributed by atoms with Gasteiger partial charge in [0.05, 0.1) is 25.1 Å². The molecule has 0 fully saturated rings. The molecule has 2 aromatic carbocycles. The van der Waals surface area contributed by atoms with E-state index >= 15 is 0 Å². The van der Waals surface area contributed by atoms with Crippen LogP contribution in [0.5, 0.6) is 0 Å². The Balaban J connectivity index is 1.58. The van der Waals surface area contributed by atoms with Crippen LogP contribution < -0.4 is 5.73 Å². The van der Waals surface area contributed by atoms with Crippen LogP contribution in [0.4, 0.5) is 5.82 Å². The Morgan fingerprint density at radius 2 is 1.73 bits per heavy atom. The second-order valence-electron chi connectivity index (χ2n) is 9.62. The molecule has 0 saturated carbocycles. The van der Waals surface area contributed by atoms with E-state index in [0.717, 1.165) is 4.57 Å². The first-order chi connectivity index (χ1) is 21.4. The molecule has 2 aromatic heterocycles. The lowest BCUT2D eigenvalue weighted by Crippen LogP contribution is -2.52. The van der Waals surface area contributed by atoms with Crippen molar-refractivity contribution in [2.24, 2.45) is 0 Å². The molecule has 45 heavy (non-hydrogen) atoms. The van der Waals surface area contributed by atoms with Gasteiger partial charge in [0.15, 0.2) is 23.8 Å². The number of fused-ring (bicyclic) bond motifs is 1. The monoisotopic (exact) mass is 639 g/mol. The molecule has 0 aliphatic carbocycles. The lowest BCUT2D eigenvalue weighted by Gasteiger charge is -2.30. The maximum Gasteiger partial charge on any atom is 0.348 e. The number of hydrogen-bond acceptors (Lipinski definition) is 11. The molecule has 3 atom stereocenters.